The summed E-state index contributed by atoms with van der Waals surface area (Å²) < 4.78 is 21.4. The molecular weight excluding hydrogens is 405 g/mol. The second-order valence-corrected chi connectivity index (χ2v) is 9.13. The number of rotatable bonds is 10. The smallest absolute Gasteiger partial charge is 0.222 e. The third kappa shape index (κ3) is 5.56. The molecule has 0 bridgehead atoms. The van der Waals surface area contributed by atoms with Crippen LogP contribution in [-0.4, -0.2) is 39.0 Å². The molecule has 1 aliphatic carbocycles. The Hall–Kier alpha value is -2.70. The molecule has 2 aromatic carbocycles. The number of benzene rings is 2. The minimum Gasteiger partial charge on any atom is -0.439 e. The summed E-state index contributed by atoms with van der Waals surface area (Å²) >= 11 is 0. The summed E-state index contributed by atoms with van der Waals surface area (Å²) in [5.74, 6) is 1.77. The molecule has 0 aliphatic heterocycles. The van der Waals surface area contributed by atoms with Gasteiger partial charge in [-0.05, 0) is 48.9 Å². The molecule has 6 heteroatoms. The van der Waals surface area contributed by atoms with E-state index in [1.165, 1.54) is 25.0 Å². The van der Waals surface area contributed by atoms with Gasteiger partial charge in [0.05, 0.1) is 11.7 Å². The van der Waals surface area contributed by atoms with Crippen molar-refractivity contribution in [2.45, 2.75) is 39.3 Å². The molecule has 0 unspecified atom stereocenters. The van der Waals surface area contributed by atoms with Gasteiger partial charge in [-0.2, -0.15) is 5.10 Å². The normalized spacial score (nSPS) is 14.8. The van der Waals surface area contributed by atoms with Crippen LogP contribution in [0.5, 0.6) is 11.6 Å². The van der Waals surface area contributed by atoms with Crippen molar-refractivity contribution in [3.63, 3.8) is 0 Å². The van der Waals surface area contributed by atoms with Crippen LogP contribution < -0.4 is 4.74 Å². The zero-order valence-corrected chi connectivity index (χ0v) is 19.0. The van der Waals surface area contributed by atoms with Crippen molar-refractivity contribution >= 4 is 0 Å². The largest absolute Gasteiger partial charge is 0.439 e. The van der Waals surface area contributed by atoms with Crippen molar-refractivity contribution in [3.05, 3.63) is 66.0 Å². The van der Waals surface area contributed by atoms with Gasteiger partial charge in [0, 0.05) is 32.2 Å². The van der Waals surface area contributed by atoms with E-state index < -0.39 is 6.10 Å². The van der Waals surface area contributed by atoms with Gasteiger partial charge in [0.1, 0.15) is 17.3 Å². The van der Waals surface area contributed by atoms with Gasteiger partial charge in [0.25, 0.3) is 0 Å². The van der Waals surface area contributed by atoms with E-state index >= 15 is 0 Å². The number of halogens is 1. The number of hydrogen-bond acceptors (Lipinski definition) is 4. The summed E-state index contributed by atoms with van der Waals surface area (Å²) in [6.45, 7) is 6.26. The van der Waals surface area contributed by atoms with E-state index in [9.17, 15) is 9.50 Å². The Morgan fingerprint density at radius 1 is 1.12 bits per heavy atom. The van der Waals surface area contributed by atoms with E-state index in [-0.39, 0.29) is 11.7 Å². The van der Waals surface area contributed by atoms with Gasteiger partial charge in [-0.15, -0.1) is 0 Å². The maximum absolute atomic E-state index is 13.4. The average molecular weight is 438 g/mol. The first-order valence-electron chi connectivity index (χ1n) is 11.4. The van der Waals surface area contributed by atoms with Crippen LogP contribution in [0.4, 0.5) is 4.39 Å². The van der Waals surface area contributed by atoms with Crippen LogP contribution in [0.3, 0.4) is 0 Å². The van der Waals surface area contributed by atoms with E-state index in [4.69, 9.17) is 9.84 Å². The van der Waals surface area contributed by atoms with Crippen LogP contribution in [0.25, 0.3) is 11.3 Å². The molecule has 0 radical (unpaired) electrons. The zero-order chi connectivity index (χ0) is 22.7. The summed E-state index contributed by atoms with van der Waals surface area (Å²) in [6.07, 6.45) is 2.09. The zero-order valence-electron chi connectivity index (χ0n) is 19.0. The second-order valence-electron chi connectivity index (χ2n) is 9.13. The Labute approximate surface area is 189 Å². The summed E-state index contributed by atoms with van der Waals surface area (Å²) in [5.41, 5.74) is 2.85. The molecule has 1 N–H and O–H groups in total. The third-order valence-corrected chi connectivity index (χ3v) is 5.97. The van der Waals surface area contributed by atoms with Crippen molar-refractivity contribution in [1.29, 1.82) is 0 Å². The van der Waals surface area contributed by atoms with Crippen LogP contribution in [0.2, 0.25) is 0 Å². The molecule has 1 heterocycles. The third-order valence-electron chi connectivity index (χ3n) is 5.97. The van der Waals surface area contributed by atoms with Crippen LogP contribution in [0.15, 0.2) is 54.6 Å². The summed E-state index contributed by atoms with van der Waals surface area (Å²) in [6, 6.07) is 16.1. The predicted octanol–water partition coefficient (Wildman–Crippen LogP) is 5.25. The molecule has 5 nitrogen and oxygen atoms in total. The highest BCUT2D eigenvalue weighted by Gasteiger charge is 2.29. The summed E-state index contributed by atoms with van der Waals surface area (Å²) in [4.78, 5) is 2.32. The van der Waals surface area contributed by atoms with Crippen LogP contribution >= 0.6 is 0 Å². The molecule has 1 saturated carbocycles. The fraction of sp³-hybridized carbons (Fsp3) is 0.423. The maximum Gasteiger partial charge on any atom is 0.222 e. The Balaban J connectivity index is 1.69. The lowest BCUT2D eigenvalue weighted by Crippen LogP contribution is -2.36. The molecule has 1 atom stereocenters. The first-order valence-corrected chi connectivity index (χ1v) is 11.4. The van der Waals surface area contributed by atoms with E-state index in [0.29, 0.717) is 30.6 Å². The first kappa shape index (κ1) is 22.5. The molecule has 32 heavy (non-hydrogen) atoms. The van der Waals surface area contributed by atoms with Crippen molar-refractivity contribution < 1.29 is 14.2 Å². The highest BCUT2D eigenvalue weighted by atomic mass is 19.1. The fourth-order valence-electron chi connectivity index (χ4n) is 3.83. The average Bonchev–Trinajstić information content (AvgIpc) is 3.54. The lowest BCUT2D eigenvalue weighted by atomic mass is 10.0. The lowest BCUT2D eigenvalue weighted by molar-refractivity contribution is 0.0709. The Morgan fingerprint density at radius 3 is 2.44 bits per heavy atom. The Morgan fingerprint density at radius 2 is 1.81 bits per heavy atom. The first-order chi connectivity index (χ1) is 15.4. The van der Waals surface area contributed by atoms with E-state index in [0.717, 1.165) is 23.4 Å². The second kappa shape index (κ2) is 9.84. The molecule has 1 aromatic heterocycles. The van der Waals surface area contributed by atoms with Gasteiger partial charge < -0.3 is 9.84 Å². The molecule has 0 spiro atoms. The molecular formula is C26H32FN3O2. The Kier molecular flexibility index (Phi) is 6.92. The minimum atomic E-state index is -0.396. The monoisotopic (exact) mass is 437 g/mol. The van der Waals surface area contributed by atoms with Crippen LogP contribution in [0, 0.1) is 17.7 Å². The molecule has 1 aliphatic rings. The molecule has 0 amide bonds. The number of aliphatic hydroxyl groups excluding tert-OH is 1. The quantitative estimate of drug-likeness (QED) is 0.471. The molecule has 1 fully saturated rings. The van der Waals surface area contributed by atoms with Crippen molar-refractivity contribution in [1.82, 2.24) is 14.7 Å². The van der Waals surface area contributed by atoms with Crippen molar-refractivity contribution in [2.24, 2.45) is 18.9 Å². The molecule has 170 valence electrons. The van der Waals surface area contributed by atoms with E-state index in [1.54, 1.807) is 16.8 Å². The van der Waals surface area contributed by atoms with Gasteiger partial charge >= 0.3 is 0 Å². The molecule has 4 rings (SSSR count). The van der Waals surface area contributed by atoms with Gasteiger partial charge in [0.2, 0.25) is 5.88 Å². The van der Waals surface area contributed by atoms with Crippen LogP contribution in [0.1, 0.15) is 32.3 Å². The number of aliphatic hydroxyl groups is 1. The number of aryl methyl sites for hydroxylation is 1. The van der Waals surface area contributed by atoms with Crippen LogP contribution in [-0.2, 0) is 13.6 Å². The summed E-state index contributed by atoms with van der Waals surface area (Å²) in [7, 11) is 1.86. The van der Waals surface area contributed by atoms with Crippen molar-refractivity contribution in [2.75, 3.05) is 13.1 Å². The highest BCUT2D eigenvalue weighted by molar-refractivity contribution is 5.65. The topological polar surface area (TPSA) is 50.5 Å². The highest BCUT2D eigenvalue weighted by Crippen LogP contribution is 2.36. The molecule has 3 aromatic rings. The SMILES string of the molecule is CC(C)[C@H](O)CN(Cc1c(-c2ccccc2)nn(C)c1Oc1ccc(F)cc1)CC1CC1. The minimum absolute atomic E-state index is 0.189. The lowest BCUT2D eigenvalue weighted by Gasteiger charge is -2.27. The van der Waals surface area contributed by atoms with Gasteiger partial charge in [-0.3, -0.25) is 4.90 Å². The standard InChI is InChI=1S/C26H32FN3O2/c1-18(2)24(31)17-30(15-19-9-10-19)16-23-25(20-7-5-4-6-8-20)28-29(3)26(23)32-22-13-11-21(27)12-14-22/h4-8,11-14,18-19,24,31H,9-10,15-17H2,1-3H3/t24-/m1/s1. The number of nitrogens with zero attached hydrogens (tertiary/aromatic N) is 3. The Bertz CT molecular complexity index is 1010. The van der Waals surface area contributed by atoms with E-state index in [1.807, 2.05) is 51.2 Å². The van der Waals surface area contributed by atoms with E-state index in [2.05, 4.69) is 4.90 Å². The van der Waals surface area contributed by atoms with Gasteiger partial charge in [0.15, 0.2) is 0 Å². The maximum atomic E-state index is 13.4. The van der Waals surface area contributed by atoms with Crippen molar-refractivity contribution in [3.8, 4) is 22.9 Å². The predicted molar refractivity (Wildman–Crippen MR) is 124 cm³/mol. The fourth-order valence-corrected chi connectivity index (χ4v) is 3.83. The van der Waals surface area contributed by atoms with Gasteiger partial charge in [-0.1, -0.05) is 44.2 Å². The van der Waals surface area contributed by atoms with Gasteiger partial charge in [-0.25, -0.2) is 9.07 Å². The molecule has 0 saturated heterocycles. The number of ether oxygens (including phenoxy) is 1. The number of hydrogen-bond donors (Lipinski definition) is 1. The number of aromatic nitrogens is 2. The summed E-state index contributed by atoms with van der Waals surface area (Å²) in [5, 5.41) is 15.4.